The summed E-state index contributed by atoms with van der Waals surface area (Å²) in [6.45, 7) is 2.66. The van der Waals surface area contributed by atoms with Crippen LogP contribution in [0.1, 0.15) is 19.8 Å². The molecule has 120 valence electrons. The maximum atomic E-state index is 13.3. The molecule has 1 atom stereocenters. The Balaban J connectivity index is 0.00000400. The van der Waals surface area contributed by atoms with Gasteiger partial charge in [-0.1, -0.05) is 0 Å². The van der Waals surface area contributed by atoms with E-state index in [1.807, 2.05) is 7.05 Å². The second-order valence-corrected chi connectivity index (χ2v) is 4.56. The van der Waals surface area contributed by atoms with E-state index < -0.39 is 11.6 Å². The highest BCUT2D eigenvalue weighted by molar-refractivity contribution is 5.85. The van der Waals surface area contributed by atoms with E-state index in [0.29, 0.717) is 6.42 Å². The maximum Gasteiger partial charge on any atom is 0.220 e. The van der Waals surface area contributed by atoms with Crippen molar-refractivity contribution in [1.29, 1.82) is 0 Å². The Hall–Kier alpha value is -1.40. The van der Waals surface area contributed by atoms with Crippen molar-refractivity contribution in [3.05, 3.63) is 29.8 Å². The average molecular weight is 323 g/mol. The van der Waals surface area contributed by atoms with Crippen molar-refractivity contribution in [3.63, 3.8) is 0 Å². The molecule has 0 fully saturated rings. The standard InChI is InChI=1S/C14H20F2N2O2.ClH/c1-10(18-14(19)4-3-7-17-2)9-20-13-6-5-11(15)8-12(13)16;/h5-6,8,10,17H,3-4,7,9H2,1-2H3,(H,18,19);1H. The first kappa shape index (κ1) is 19.6. The number of nitrogens with one attached hydrogen (secondary N) is 2. The summed E-state index contributed by atoms with van der Waals surface area (Å²) in [5, 5.41) is 5.71. The Morgan fingerprint density at radius 2 is 2.10 bits per heavy atom. The van der Waals surface area contributed by atoms with E-state index in [-0.39, 0.29) is 36.7 Å². The third-order valence-electron chi connectivity index (χ3n) is 2.62. The van der Waals surface area contributed by atoms with Crippen molar-refractivity contribution in [1.82, 2.24) is 10.6 Å². The second kappa shape index (κ2) is 10.3. The smallest absolute Gasteiger partial charge is 0.220 e. The van der Waals surface area contributed by atoms with Crippen molar-refractivity contribution in [2.75, 3.05) is 20.2 Å². The van der Waals surface area contributed by atoms with Gasteiger partial charge in [0.1, 0.15) is 12.4 Å². The van der Waals surface area contributed by atoms with E-state index in [9.17, 15) is 13.6 Å². The Bertz CT molecular complexity index is 447. The van der Waals surface area contributed by atoms with Gasteiger partial charge in [0.2, 0.25) is 5.91 Å². The van der Waals surface area contributed by atoms with E-state index in [4.69, 9.17) is 4.74 Å². The normalized spacial score (nSPS) is 11.4. The van der Waals surface area contributed by atoms with Gasteiger partial charge in [-0.05, 0) is 39.1 Å². The summed E-state index contributed by atoms with van der Waals surface area (Å²) in [6.07, 6.45) is 1.18. The molecule has 0 radical (unpaired) electrons. The van der Waals surface area contributed by atoms with E-state index in [2.05, 4.69) is 10.6 Å². The van der Waals surface area contributed by atoms with Crippen LogP contribution in [0.4, 0.5) is 8.78 Å². The van der Waals surface area contributed by atoms with Crippen molar-refractivity contribution in [2.24, 2.45) is 0 Å². The van der Waals surface area contributed by atoms with Gasteiger partial charge in [-0.2, -0.15) is 0 Å². The monoisotopic (exact) mass is 322 g/mol. The highest BCUT2D eigenvalue weighted by atomic mass is 35.5. The molecular weight excluding hydrogens is 302 g/mol. The van der Waals surface area contributed by atoms with Crippen molar-refractivity contribution in [3.8, 4) is 5.75 Å². The lowest BCUT2D eigenvalue weighted by Crippen LogP contribution is -2.37. The van der Waals surface area contributed by atoms with E-state index in [0.717, 1.165) is 25.1 Å². The zero-order valence-corrected chi connectivity index (χ0v) is 12.9. The molecule has 1 rings (SSSR count). The predicted molar refractivity (Wildman–Crippen MR) is 79.9 cm³/mol. The fraction of sp³-hybridized carbons (Fsp3) is 0.500. The molecule has 1 amide bonds. The number of carbonyl (C=O) groups excluding carboxylic acids is 1. The van der Waals surface area contributed by atoms with Crippen LogP contribution < -0.4 is 15.4 Å². The number of hydrogen-bond donors (Lipinski definition) is 2. The lowest BCUT2D eigenvalue weighted by molar-refractivity contribution is -0.121. The van der Waals surface area contributed by atoms with Crippen molar-refractivity contribution < 1.29 is 18.3 Å². The molecule has 0 aromatic heterocycles. The van der Waals surface area contributed by atoms with Crippen LogP contribution in [0.5, 0.6) is 5.75 Å². The summed E-state index contributed by atoms with van der Waals surface area (Å²) in [6, 6.07) is 2.86. The number of benzene rings is 1. The van der Waals surface area contributed by atoms with Gasteiger partial charge < -0.3 is 15.4 Å². The molecule has 1 aromatic carbocycles. The average Bonchev–Trinajstić information content (AvgIpc) is 2.38. The summed E-state index contributed by atoms with van der Waals surface area (Å²) in [5.74, 6) is -1.50. The molecule has 7 heteroatoms. The van der Waals surface area contributed by atoms with Gasteiger partial charge in [0.25, 0.3) is 0 Å². The van der Waals surface area contributed by atoms with Crippen LogP contribution in [0, 0.1) is 11.6 Å². The third-order valence-corrected chi connectivity index (χ3v) is 2.62. The molecule has 2 N–H and O–H groups in total. The van der Waals surface area contributed by atoms with Crippen LogP contribution in [-0.4, -0.2) is 32.1 Å². The third kappa shape index (κ3) is 7.82. The first-order chi connectivity index (χ1) is 9.52. The highest BCUT2D eigenvalue weighted by Gasteiger charge is 2.10. The summed E-state index contributed by atoms with van der Waals surface area (Å²) < 4.78 is 31.2. The van der Waals surface area contributed by atoms with E-state index in [1.54, 1.807) is 6.92 Å². The van der Waals surface area contributed by atoms with Crippen molar-refractivity contribution in [2.45, 2.75) is 25.8 Å². The first-order valence-electron chi connectivity index (χ1n) is 6.54. The number of hydrogen-bond acceptors (Lipinski definition) is 3. The van der Waals surface area contributed by atoms with E-state index >= 15 is 0 Å². The van der Waals surface area contributed by atoms with Gasteiger partial charge in [0, 0.05) is 12.5 Å². The van der Waals surface area contributed by atoms with Crippen LogP contribution in [0.25, 0.3) is 0 Å². The molecule has 0 aliphatic heterocycles. The Kier molecular flexibility index (Phi) is 9.65. The van der Waals surface area contributed by atoms with Gasteiger partial charge >= 0.3 is 0 Å². The lowest BCUT2D eigenvalue weighted by atomic mass is 10.2. The van der Waals surface area contributed by atoms with Gasteiger partial charge in [-0.3, -0.25) is 4.79 Å². The minimum atomic E-state index is -0.752. The quantitative estimate of drug-likeness (QED) is 0.722. The zero-order valence-electron chi connectivity index (χ0n) is 12.1. The maximum absolute atomic E-state index is 13.3. The fourth-order valence-corrected chi connectivity index (χ4v) is 1.62. The molecule has 1 unspecified atom stereocenters. The summed E-state index contributed by atoms with van der Waals surface area (Å²) in [7, 11) is 1.83. The SMILES string of the molecule is CNCCCC(=O)NC(C)COc1ccc(F)cc1F.Cl. The molecule has 0 aliphatic rings. The van der Waals surface area contributed by atoms with Crippen LogP contribution in [-0.2, 0) is 4.79 Å². The Morgan fingerprint density at radius 3 is 2.71 bits per heavy atom. The first-order valence-corrected chi connectivity index (χ1v) is 6.54. The summed E-state index contributed by atoms with van der Waals surface area (Å²) in [5.41, 5.74) is 0. The zero-order chi connectivity index (χ0) is 15.0. The van der Waals surface area contributed by atoms with Crippen LogP contribution in [0.2, 0.25) is 0 Å². The van der Waals surface area contributed by atoms with Gasteiger partial charge in [0.15, 0.2) is 11.6 Å². The van der Waals surface area contributed by atoms with Crippen LogP contribution >= 0.6 is 12.4 Å². The molecule has 0 saturated carbocycles. The number of rotatable bonds is 8. The Labute approximate surface area is 129 Å². The highest BCUT2D eigenvalue weighted by Crippen LogP contribution is 2.17. The summed E-state index contributed by atoms with van der Waals surface area (Å²) in [4.78, 5) is 11.5. The van der Waals surface area contributed by atoms with Crippen LogP contribution in [0.3, 0.4) is 0 Å². The van der Waals surface area contributed by atoms with Gasteiger partial charge in [0.05, 0.1) is 6.04 Å². The minimum Gasteiger partial charge on any atom is -0.488 e. The molecule has 4 nitrogen and oxygen atoms in total. The lowest BCUT2D eigenvalue weighted by Gasteiger charge is -2.15. The minimum absolute atomic E-state index is 0. The predicted octanol–water partition coefficient (Wildman–Crippen LogP) is 2.27. The molecule has 21 heavy (non-hydrogen) atoms. The van der Waals surface area contributed by atoms with Gasteiger partial charge in [-0.25, -0.2) is 8.78 Å². The summed E-state index contributed by atoms with van der Waals surface area (Å²) >= 11 is 0. The largest absolute Gasteiger partial charge is 0.488 e. The topological polar surface area (TPSA) is 50.4 Å². The number of halogens is 3. The molecule has 0 aliphatic carbocycles. The number of amides is 1. The van der Waals surface area contributed by atoms with Crippen molar-refractivity contribution >= 4 is 18.3 Å². The molecule has 0 spiro atoms. The fourth-order valence-electron chi connectivity index (χ4n) is 1.62. The van der Waals surface area contributed by atoms with Gasteiger partial charge in [-0.15, -0.1) is 12.4 Å². The second-order valence-electron chi connectivity index (χ2n) is 4.56. The molecule has 0 saturated heterocycles. The molecule has 0 bridgehead atoms. The van der Waals surface area contributed by atoms with Crippen LogP contribution in [0.15, 0.2) is 18.2 Å². The van der Waals surface area contributed by atoms with E-state index in [1.165, 1.54) is 6.07 Å². The number of ether oxygens (including phenoxy) is 1. The Morgan fingerprint density at radius 1 is 1.38 bits per heavy atom. The number of carbonyl (C=O) groups is 1. The molecular formula is C14H21ClF2N2O2. The molecule has 0 heterocycles. The molecule has 1 aromatic rings.